The summed E-state index contributed by atoms with van der Waals surface area (Å²) >= 11 is 0. The Hall–Kier alpha value is -1.14. The molecule has 0 aromatic heterocycles. The molecule has 0 spiro atoms. The molecular weight excluding hydrogens is 267 g/mol. The molecule has 0 heterocycles. The smallest absolute Gasteiger partial charge is 0.245 e. The van der Waals surface area contributed by atoms with E-state index in [1.807, 2.05) is 6.92 Å². The van der Waals surface area contributed by atoms with Crippen molar-refractivity contribution in [1.29, 1.82) is 0 Å². The van der Waals surface area contributed by atoms with Gasteiger partial charge in [0.2, 0.25) is 10.0 Å². The summed E-state index contributed by atoms with van der Waals surface area (Å²) in [5, 5.41) is 0. The summed E-state index contributed by atoms with van der Waals surface area (Å²) in [6.45, 7) is 2.37. The van der Waals surface area contributed by atoms with Crippen molar-refractivity contribution in [1.82, 2.24) is 4.72 Å². The molecule has 0 unspecified atom stereocenters. The Morgan fingerprint density at radius 2 is 2.00 bits per heavy atom. The van der Waals surface area contributed by atoms with E-state index in [9.17, 15) is 12.8 Å². The third-order valence-electron chi connectivity index (χ3n) is 3.77. The maximum absolute atomic E-state index is 13.6. The summed E-state index contributed by atoms with van der Waals surface area (Å²) in [4.78, 5) is -0.448. The Labute approximate surface area is 113 Å². The number of hydrogen-bond acceptors (Lipinski definition) is 3. The van der Waals surface area contributed by atoms with Crippen LogP contribution in [0.4, 0.5) is 10.1 Å². The molecule has 1 aliphatic rings. The molecule has 2 rings (SSSR count). The minimum atomic E-state index is -3.90. The lowest BCUT2D eigenvalue weighted by atomic mass is 9.89. The largest absolute Gasteiger partial charge is 0.398 e. The maximum atomic E-state index is 13.6. The molecule has 4 nitrogen and oxygen atoms in total. The highest BCUT2D eigenvalue weighted by Gasteiger charge is 2.31. The molecular formula is C13H19FN2O2S. The molecule has 0 amide bonds. The van der Waals surface area contributed by atoms with Crippen LogP contribution >= 0.6 is 0 Å². The van der Waals surface area contributed by atoms with Gasteiger partial charge >= 0.3 is 0 Å². The van der Waals surface area contributed by atoms with Crippen LogP contribution in [0, 0.1) is 11.2 Å². The minimum Gasteiger partial charge on any atom is -0.398 e. The lowest BCUT2D eigenvalue weighted by molar-refractivity contribution is 0.336. The van der Waals surface area contributed by atoms with Gasteiger partial charge in [-0.15, -0.1) is 0 Å². The van der Waals surface area contributed by atoms with E-state index in [-0.39, 0.29) is 11.1 Å². The van der Waals surface area contributed by atoms with Gasteiger partial charge in [-0.1, -0.05) is 25.8 Å². The number of nitrogens with two attached hydrogens (primary N) is 1. The van der Waals surface area contributed by atoms with E-state index >= 15 is 0 Å². The van der Waals surface area contributed by atoms with Gasteiger partial charge in [-0.2, -0.15) is 0 Å². The molecule has 0 bridgehead atoms. The summed E-state index contributed by atoms with van der Waals surface area (Å²) in [6.07, 6.45) is 4.20. The standard InChI is InChI=1S/C13H19FN2O2S/c1-13(7-2-3-8-13)9-16-19(17,18)12-10(14)5-4-6-11(12)15/h4-6,16H,2-3,7-9,15H2,1H3. The third kappa shape index (κ3) is 3.06. The number of benzene rings is 1. The van der Waals surface area contributed by atoms with Crippen molar-refractivity contribution in [3.63, 3.8) is 0 Å². The summed E-state index contributed by atoms with van der Waals surface area (Å²) in [5.74, 6) is -0.816. The number of anilines is 1. The Bertz CT molecular complexity index is 546. The molecule has 6 heteroatoms. The number of hydrogen-bond donors (Lipinski definition) is 2. The van der Waals surface area contributed by atoms with Crippen LogP contribution in [0.25, 0.3) is 0 Å². The highest BCUT2D eigenvalue weighted by Crippen LogP contribution is 2.37. The first-order valence-corrected chi connectivity index (χ1v) is 7.86. The zero-order valence-corrected chi connectivity index (χ0v) is 11.8. The first-order valence-electron chi connectivity index (χ1n) is 6.38. The van der Waals surface area contributed by atoms with Gasteiger partial charge in [0.25, 0.3) is 0 Å². The summed E-state index contributed by atoms with van der Waals surface area (Å²) < 4.78 is 40.4. The van der Waals surface area contributed by atoms with Crippen molar-refractivity contribution >= 4 is 15.7 Å². The van der Waals surface area contributed by atoms with Gasteiger partial charge in [-0.25, -0.2) is 17.5 Å². The monoisotopic (exact) mass is 286 g/mol. The normalized spacial score (nSPS) is 18.6. The SMILES string of the molecule is CC1(CNS(=O)(=O)c2c(N)cccc2F)CCCC1. The van der Waals surface area contributed by atoms with E-state index in [4.69, 9.17) is 5.73 Å². The topological polar surface area (TPSA) is 72.2 Å². The van der Waals surface area contributed by atoms with Crippen molar-refractivity contribution in [3.8, 4) is 0 Å². The van der Waals surface area contributed by atoms with Crippen molar-refractivity contribution in [3.05, 3.63) is 24.0 Å². The van der Waals surface area contributed by atoms with Crippen LogP contribution in [0.1, 0.15) is 32.6 Å². The lowest BCUT2D eigenvalue weighted by Crippen LogP contribution is -2.34. The van der Waals surface area contributed by atoms with Crippen molar-refractivity contribution < 1.29 is 12.8 Å². The van der Waals surface area contributed by atoms with E-state index in [2.05, 4.69) is 4.72 Å². The molecule has 0 atom stereocenters. The van der Waals surface area contributed by atoms with Gasteiger partial charge in [0, 0.05) is 6.54 Å². The second kappa shape index (κ2) is 5.09. The zero-order chi connectivity index (χ0) is 14.1. The Morgan fingerprint density at radius 1 is 1.37 bits per heavy atom. The summed E-state index contributed by atoms with van der Waals surface area (Å²) in [5.41, 5.74) is 5.46. The Kier molecular flexibility index (Phi) is 3.82. The molecule has 19 heavy (non-hydrogen) atoms. The van der Waals surface area contributed by atoms with Crippen LogP contribution in [0.5, 0.6) is 0 Å². The highest BCUT2D eigenvalue weighted by molar-refractivity contribution is 7.89. The fourth-order valence-electron chi connectivity index (χ4n) is 2.56. The van der Waals surface area contributed by atoms with E-state index in [1.165, 1.54) is 12.1 Å². The van der Waals surface area contributed by atoms with Crippen molar-refractivity contribution in [2.75, 3.05) is 12.3 Å². The van der Waals surface area contributed by atoms with Gasteiger partial charge in [0.05, 0.1) is 5.69 Å². The Balaban J connectivity index is 2.19. The molecule has 1 aromatic carbocycles. The van der Waals surface area contributed by atoms with Crippen LogP contribution in [-0.2, 0) is 10.0 Å². The maximum Gasteiger partial charge on any atom is 0.245 e. The van der Waals surface area contributed by atoms with Gasteiger partial charge in [0.15, 0.2) is 0 Å². The average Bonchev–Trinajstić information content (AvgIpc) is 2.74. The van der Waals surface area contributed by atoms with E-state index in [0.717, 1.165) is 31.7 Å². The fraction of sp³-hybridized carbons (Fsp3) is 0.538. The molecule has 0 radical (unpaired) electrons. The molecule has 1 fully saturated rings. The second-order valence-corrected chi connectivity index (χ2v) is 7.20. The van der Waals surface area contributed by atoms with Crippen LogP contribution in [0.2, 0.25) is 0 Å². The second-order valence-electron chi connectivity index (χ2n) is 5.50. The van der Waals surface area contributed by atoms with Crippen LogP contribution in [0.15, 0.2) is 23.1 Å². The van der Waals surface area contributed by atoms with Crippen LogP contribution < -0.4 is 10.5 Å². The summed E-state index contributed by atoms with van der Waals surface area (Å²) in [6, 6.07) is 3.87. The van der Waals surface area contributed by atoms with E-state index < -0.39 is 20.7 Å². The molecule has 1 saturated carbocycles. The van der Waals surface area contributed by atoms with Gasteiger partial charge in [0.1, 0.15) is 10.7 Å². The van der Waals surface area contributed by atoms with Gasteiger partial charge in [-0.05, 0) is 30.4 Å². The minimum absolute atomic E-state index is 0.0346. The first kappa shape index (κ1) is 14.3. The predicted octanol–water partition coefficient (Wildman–Crippen LogP) is 2.27. The van der Waals surface area contributed by atoms with Crippen LogP contribution in [0.3, 0.4) is 0 Å². The van der Waals surface area contributed by atoms with Crippen LogP contribution in [-0.4, -0.2) is 15.0 Å². The first-order chi connectivity index (χ1) is 8.84. The van der Waals surface area contributed by atoms with E-state index in [0.29, 0.717) is 6.54 Å². The molecule has 1 aliphatic carbocycles. The molecule has 0 aliphatic heterocycles. The highest BCUT2D eigenvalue weighted by atomic mass is 32.2. The predicted molar refractivity (Wildman–Crippen MR) is 72.6 cm³/mol. The Morgan fingerprint density at radius 3 is 2.58 bits per heavy atom. The summed E-state index contributed by atoms with van der Waals surface area (Å²) in [7, 11) is -3.90. The molecule has 106 valence electrons. The molecule has 0 saturated heterocycles. The van der Waals surface area contributed by atoms with Crippen molar-refractivity contribution in [2.45, 2.75) is 37.5 Å². The number of halogens is 1. The molecule has 3 N–H and O–H groups in total. The average molecular weight is 286 g/mol. The quantitative estimate of drug-likeness (QED) is 0.834. The number of nitrogen functional groups attached to an aromatic ring is 1. The number of rotatable bonds is 4. The lowest BCUT2D eigenvalue weighted by Gasteiger charge is -2.23. The van der Waals surface area contributed by atoms with Gasteiger partial charge < -0.3 is 5.73 Å². The van der Waals surface area contributed by atoms with Gasteiger partial charge in [-0.3, -0.25) is 0 Å². The number of nitrogens with one attached hydrogen (secondary N) is 1. The molecule has 1 aromatic rings. The van der Waals surface area contributed by atoms with E-state index in [1.54, 1.807) is 0 Å². The zero-order valence-electron chi connectivity index (χ0n) is 10.9. The third-order valence-corrected chi connectivity index (χ3v) is 5.26. The van der Waals surface area contributed by atoms with Crippen molar-refractivity contribution in [2.24, 2.45) is 5.41 Å². The number of sulfonamides is 1. The fourth-order valence-corrected chi connectivity index (χ4v) is 3.94.